The molecule has 4 rings (SSSR count). The maximum Gasteiger partial charge on any atom is 0.200 e. The van der Waals surface area contributed by atoms with E-state index in [9.17, 15) is 4.79 Å². The van der Waals surface area contributed by atoms with Gasteiger partial charge >= 0.3 is 0 Å². The molecule has 0 N–H and O–H groups in total. The highest BCUT2D eigenvalue weighted by Gasteiger charge is 2.20. The molecule has 26 heavy (non-hydrogen) atoms. The molecular weight excluding hydrogens is 464 g/mol. The number of aryl methyl sites for hydroxylation is 1. The van der Waals surface area contributed by atoms with Crippen LogP contribution in [0, 0.1) is 6.92 Å². The summed E-state index contributed by atoms with van der Waals surface area (Å²) in [6.45, 7) is 1.95. The van der Waals surface area contributed by atoms with Crippen LogP contribution < -0.4 is 14.9 Å². The topological polar surface area (TPSA) is 48.7 Å². The van der Waals surface area contributed by atoms with Crippen molar-refractivity contribution in [3.8, 4) is 11.5 Å². The standard InChI is InChI=1S/C20H14Br2O4/c1-9-4-5-14-12(6-9)18(23)13-7-10-11(8-15(13)26-14)20(25-3)17(22)16(21)19(10)24-2/h4-8H,1-3H3. The van der Waals surface area contributed by atoms with Crippen LogP contribution in [0.15, 0.2) is 48.5 Å². The highest BCUT2D eigenvalue weighted by atomic mass is 79.9. The second-order valence-corrected chi connectivity index (χ2v) is 7.61. The number of ether oxygens (including phenoxy) is 2. The van der Waals surface area contributed by atoms with Crippen LogP contribution in [0.5, 0.6) is 11.5 Å². The lowest BCUT2D eigenvalue weighted by molar-refractivity contribution is 0.406. The molecule has 0 atom stereocenters. The summed E-state index contributed by atoms with van der Waals surface area (Å²) in [5.41, 5.74) is 2.02. The average molecular weight is 478 g/mol. The Bertz CT molecular complexity index is 1260. The van der Waals surface area contributed by atoms with E-state index in [4.69, 9.17) is 13.9 Å². The highest BCUT2D eigenvalue weighted by Crippen LogP contribution is 2.47. The minimum absolute atomic E-state index is 0.0630. The van der Waals surface area contributed by atoms with Crippen molar-refractivity contribution in [1.82, 2.24) is 0 Å². The van der Waals surface area contributed by atoms with Crippen molar-refractivity contribution < 1.29 is 13.9 Å². The van der Waals surface area contributed by atoms with Crippen molar-refractivity contribution >= 4 is 64.6 Å². The Labute approximate surface area is 165 Å². The maximum atomic E-state index is 13.0. The number of methoxy groups -OCH3 is 2. The van der Waals surface area contributed by atoms with Gasteiger partial charge in [0.15, 0.2) is 0 Å². The van der Waals surface area contributed by atoms with E-state index < -0.39 is 0 Å². The molecule has 1 heterocycles. The zero-order chi connectivity index (χ0) is 18.6. The fourth-order valence-electron chi connectivity index (χ4n) is 3.23. The maximum absolute atomic E-state index is 13.0. The molecule has 0 aliphatic heterocycles. The summed E-state index contributed by atoms with van der Waals surface area (Å²) in [5, 5.41) is 2.64. The zero-order valence-corrected chi connectivity index (χ0v) is 17.4. The molecular formula is C20H14Br2O4. The van der Waals surface area contributed by atoms with Crippen molar-refractivity contribution in [2.75, 3.05) is 14.2 Å². The Morgan fingerprint density at radius 3 is 2.00 bits per heavy atom. The van der Waals surface area contributed by atoms with Crippen molar-refractivity contribution in [3.63, 3.8) is 0 Å². The molecule has 3 aromatic carbocycles. The molecule has 0 aliphatic carbocycles. The normalized spacial score (nSPS) is 11.4. The second-order valence-electron chi connectivity index (χ2n) is 6.02. The number of hydrogen-bond donors (Lipinski definition) is 0. The summed E-state index contributed by atoms with van der Waals surface area (Å²) in [5.74, 6) is 1.26. The largest absolute Gasteiger partial charge is 0.495 e. The van der Waals surface area contributed by atoms with E-state index in [0.29, 0.717) is 33.4 Å². The van der Waals surface area contributed by atoms with Crippen molar-refractivity contribution in [2.24, 2.45) is 0 Å². The van der Waals surface area contributed by atoms with Crippen LogP contribution in [0.4, 0.5) is 0 Å². The zero-order valence-electron chi connectivity index (χ0n) is 14.3. The minimum atomic E-state index is -0.0630. The molecule has 132 valence electrons. The molecule has 0 radical (unpaired) electrons. The smallest absolute Gasteiger partial charge is 0.200 e. The average Bonchev–Trinajstić information content (AvgIpc) is 2.63. The Morgan fingerprint density at radius 2 is 1.38 bits per heavy atom. The van der Waals surface area contributed by atoms with Gasteiger partial charge in [-0.05, 0) is 63.0 Å². The third kappa shape index (κ3) is 2.43. The summed E-state index contributed by atoms with van der Waals surface area (Å²) >= 11 is 7.07. The summed E-state index contributed by atoms with van der Waals surface area (Å²) in [6.07, 6.45) is 0. The fourth-order valence-corrected chi connectivity index (χ4v) is 4.34. The van der Waals surface area contributed by atoms with Gasteiger partial charge in [0.25, 0.3) is 0 Å². The second kappa shape index (κ2) is 6.28. The van der Waals surface area contributed by atoms with E-state index in [0.717, 1.165) is 25.3 Å². The van der Waals surface area contributed by atoms with Gasteiger partial charge in [0, 0.05) is 10.8 Å². The Balaban J connectivity index is 2.26. The molecule has 0 amide bonds. The predicted molar refractivity (Wildman–Crippen MR) is 111 cm³/mol. The van der Waals surface area contributed by atoms with Gasteiger partial charge in [-0.1, -0.05) is 11.6 Å². The molecule has 0 fully saturated rings. The quantitative estimate of drug-likeness (QED) is 0.335. The predicted octanol–water partition coefficient (Wildman–Crippen LogP) is 5.95. The molecule has 0 bridgehead atoms. The lowest BCUT2D eigenvalue weighted by atomic mass is 10.0. The monoisotopic (exact) mass is 476 g/mol. The van der Waals surface area contributed by atoms with Gasteiger partial charge in [0.2, 0.25) is 5.43 Å². The molecule has 4 nitrogen and oxygen atoms in total. The van der Waals surface area contributed by atoms with Gasteiger partial charge < -0.3 is 13.9 Å². The molecule has 0 saturated heterocycles. The van der Waals surface area contributed by atoms with Crippen LogP contribution in [0.1, 0.15) is 5.56 Å². The van der Waals surface area contributed by atoms with Gasteiger partial charge in [-0.15, -0.1) is 0 Å². The molecule has 4 aromatic rings. The van der Waals surface area contributed by atoms with E-state index in [1.54, 1.807) is 20.3 Å². The van der Waals surface area contributed by atoms with Crippen molar-refractivity contribution in [2.45, 2.75) is 6.92 Å². The molecule has 6 heteroatoms. The Hall–Kier alpha value is -2.05. The van der Waals surface area contributed by atoms with Crippen molar-refractivity contribution in [1.29, 1.82) is 0 Å². The first-order valence-corrected chi connectivity index (χ1v) is 9.44. The van der Waals surface area contributed by atoms with Crippen molar-refractivity contribution in [3.05, 3.63) is 55.1 Å². The van der Waals surface area contributed by atoms with Crippen LogP contribution in [-0.4, -0.2) is 14.2 Å². The number of fused-ring (bicyclic) bond motifs is 3. The van der Waals surface area contributed by atoms with Crippen LogP contribution in [0.3, 0.4) is 0 Å². The van der Waals surface area contributed by atoms with Gasteiger partial charge in [0.05, 0.1) is 33.9 Å². The summed E-state index contributed by atoms with van der Waals surface area (Å²) in [6, 6.07) is 9.22. The number of rotatable bonds is 2. The van der Waals surface area contributed by atoms with E-state index in [1.165, 1.54) is 0 Å². The SMILES string of the molecule is COc1c(Br)c(Br)c(OC)c2cc3c(=O)c4cc(C)ccc4oc3cc12. The molecule has 0 spiro atoms. The van der Waals surface area contributed by atoms with Crippen LogP contribution in [-0.2, 0) is 0 Å². The van der Waals surface area contributed by atoms with Crippen LogP contribution >= 0.6 is 31.9 Å². The summed E-state index contributed by atoms with van der Waals surface area (Å²) in [7, 11) is 3.19. The number of hydrogen-bond acceptors (Lipinski definition) is 4. The molecule has 1 aromatic heterocycles. The van der Waals surface area contributed by atoms with Crippen LogP contribution in [0.25, 0.3) is 32.7 Å². The Morgan fingerprint density at radius 1 is 0.808 bits per heavy atom. The van der Waals surface area contributed by atoms with Gasteiger partial charge in [-0.3, -0.25) is 4.79 Å². The first kappa shape index (κ1) is 17.4. The Kier molecular flexibility index (Phi) is 4.20. The van der Waals surface area contributed by atoms with Gasteiger partial charge in [0.1, 0.15) is 22.7 Å². The lowest BCUT2D eigenvalue weighted by Gasteiger charge is -2.15. The first-order valence-electron chi connectivity index (χ1n) is 7.86. The van der Waals surface area contributed by atoms with Gasteiger partial charge in [-0.2, -0.15) is 0 Å². The molecule has 0 unspecified atom stereocenters. The first-order chi connectivity index (χ1) is 12.5. The molecule has 0 saturated carbocycles. The fraction of sp³-hybridized carbons (Fsp3) is 0.150. The van der Waals surface area contributed by atoms with Crippen LogP contribution in [0.2, 0.25) is 0 Å². The van der Waals surface area contributed by atoms with Gasteiger partial charge in [-0.25, -0.2) is 0 Å². The van der Waals surface area contributed by atoms with E-state index >= 15 is 0 Å². The highest BCUT2D eigenvalue weighted by molar-refractivity contribution is 9.13. The third-order valence-electron chi connectivity index (χ3n) is 4.45. The summed E-state index contributed by atoms with van der Waals surface area (Å²) < 4.78 is 18.6. The minimum Gasteiger partial charge on any atom is -0.495 e. The molecule has 0 aliphatic rings. The lowest BCUT2D eigenvalue weighted by Crippen LogP contribution is -2.03. The summed E-state index contributed by atoms with van der Waals surface area (Å²) in [4.78, 5) is 13.0. The van der Waals surface area contributed by atoms with E-state index in [2.05, 4.69) is 31.9 Å². The number of benzene rings is 3. The van der Waals surface area contributed by atoms with E-state index in [-0.39, 0.29) is 5.43 Å². The third-order valence-corrected chi connectivity index (χ3v) is 6.50. The van der Waals surface area contributed by atoms with E-state index in [1.807, 2.05) is 31.2 Å². The number of halogens is 2.